The van der Waals surface area contributed by atoms with Crippen LogP contribution >= 0.6 is 23.2 Å². The van der Waals surface area contributed by atoms with E-state index in [0.717, 1.165) is 18.3 Å². The van der Waals surface area contributed by atoms with Crippen molar-refractivity contribution in [3.8, 4) is 12.1 Å². The molecule has 19 heavy (non-hydrogen) atoms. The zero-order chi connectivity index (χ0) is 14.6. The molecule has 0 radical (unpaired) electrons. The summed E-state index contributed by atoms with van der Waals surface area (Å²) in [6, 6.07) is 4.83. The normalized spacial score (nSPS) is 10.3. The van der Waals surface area contributed by atoms with Crippen molar-refractivity contribution in [2.75, 3.05) is 5.32 Å². The van der Waals surface area contributed by atoms with Crippen molar-refractivity contribution >= 4 is 28.9 Å². The number of rotatable bonds is 2. The fourth-order valence-electron chi connectivity index (χ4n) is 1.14. The first kappa shape index (κ1) is 15.2. The van der Waals surface area contributed by atoms with Crippen molar-refractivity contribution in [3.05, 3.63) is 39.5 Å². The monoisotopic (exact) mass is 305 g/mol. The SMILES string of the molecule is N#CC(C#N)=CNc1c(Cl)ccc(C(F)(F)F)c1Cl. The maximum atomic E-state index is 12.6. The maximum absolute atomic E-state index is 12.6. The van der Waals surface area contributed by atoms with E-state index in [-0.39, 0.29) is 16.3 Å². The molecule has 0 aliphatic rings. The summed E-state index contributed by atoms with van der Waals surface area (Å²) in [4.78, 5) is 0. The molecule has 0 unspecified atom stereocenters. The van der Waals surface area contributed by atoms with E-state index in [1.54, 1.807) is 0 Å². The van der Waals surface area contributed by atoms with Crippen molar-refractivity contribution in [2.24, 2.45) is 0 Å². The summed E-state index contributed by atoms with van der Waals surface area (Å²) in [6.07, 6.45) is -3.71. The first-order valence-electron chi connectivity index (χ1n) is 4.63. The van der Waals surface area contributed by atoms with Gasteiger partial charge in [-0.25, -0.2) is 0 Å². The fourth-order valence-corrected chi connectivity index (χ4v) is 1.72. The number of alkyl halides is 3. The Morgan fingerprint density at radius 2 is 1.79 bits per heavy atom. The van der Waals surface area contributed by atoms with Crippen LogP contribution in [0.15, 0.2) is 23.9 Å². The molecule has 0 heterocycles. The molecule has 1 rings (SSSR count). The minimum absolute atomic E-state index is 0.0653. The van der Waals surface area contributed by atoms with E-state index in [4.69, 9.17) is 33.7 Å². The molecule has 0 amide bonds. The second-order valence-corrected chi connectivity index (χ2v) is 3.99. The lowest BCUT2D eigenvalue weighted by Gasteiger charge is -2.13. The summed E-state index contributed by atoms with van der Waals surface area (Å²) in [5.41, 5.74) is -1.62. The van der Waals surface area contributed by atoms with E-state index >= 15 is 0 Å². The number of nitrogens with one attached hydrogen (secondary N) is 1. The molecule has 3 nitrogen and oxygen atoms in total. The Balaban J connectivity index is 3.27. The molecule has 0 aliphatic carbocycles. The van der Waals surface area contributed by atoms with Gasteiger partial charge in [0, 0.05) is 6.20 Å². The molecule has 0 atom stereocenters. The van der Waals surface area contributed by atoms with Crippen LogP contribution in [0.2, 0.25) is 10.0 Å². The third-order valence-corrected chi connectivity index (χ3v) is 2.71. The van der Waals surface area contributed by atoms with Crippen LogP contribution in [0.4, 0.5) is 18.9 Å². The molecule has 0 aliphatic heterocycles. The van der Waals surface area contributed by atoms with Crippen LogP contribution in [-0.4, -0.2) is 0 Å². The van der Waals surface area contributed by atoms with Crippen molar-refractivity contribution in [3.63, 3.8) is 0 Å². The zero-order valence-corrected chi connectivity index (χ0v) is 10.5. The number of nitrogens with zero attached hydrogens (tertiary/aromatic N) is 2. The number of allylic oxidation sites excluding steroid dienone is 1. The summed E-state index contributed by atoms with van der Waals surface area (Å²) >= 11 is 11.3. The smallest absolute Gasteiger partial charge is 0.357 e. The molecule has 8 heteroatoms. The van der Waals surface area contributed by atoms with E-state index in [1.165, 1.54) is 12.1 Å². The van der Waals surface area contributed by atoms with E-state index in [2.05, 4.69) is 5.32 Å². The predicted octanol–water partition coefficient (Wildman–Crippen LogP) is 4.36. The maximum Gasteiger partial charge on any atom is 0.417 e. The minimum atomic E-state index is -4.63. The molecule has 0 saturated carbocycles. The van der Waals surface area contributed by atoms with Gasteiger partial charge in [0.25, 0.3) is 0 Å². The molecule has 0 saturated heterocycles. The van der Waals surface area contributed by atoms with Crippen molar-refractivity contribution in [2.45, 2.75) is 6.18 Å². The van der Waals surface area contributed by atoms with Crippen LogP contribution in [0.25, 0.3) is 0 Å². The van der Waals surface area contributed by atoms with Gasteiger partial charge in [-0.1, -0.05) is 23.2 Å². The average molecular weight is 306 g/mol. The van der Waals surface area contributed by atoms with Gasteiger partial charge in [-0.15, -0.1) is 0 Å². The second-order valence-electron chi connectivity index (χ2n) is 3.21. The average Bonchev–Trinajstić information content (AvgIpc) is 2.32. The molecule has 0 bridgehead atoms. The quantitative estimate of drug-likeness (QED) is 0.826. The molecule has 0 aromatic heterocycles. The third-order valence-electron chi connectivity index (χ3n) is 2.00. The molecular formula is C11H4Cl2F3N3. The van der Waals surface area contributed by atoms with Crippen LogP contribution in [-0.2, 0) is 6.18 Å². The van der Waals surface area contributed by atoms with E-state index in [0.29, 0.717) is 0 Å². The molecular weight excluding hydrogens is 302 g/mol. The lowest BCUT2D eigenvalue weighted by Crippen LogP contribution is -2.07. The van der Waals surface area contributed by atoms with Gasteiger partial charge in [-0.3, -0.25) is 0 Å². The number of hydrogen-bond acceptors (Lipinski definition) is 3. The summed E-state index contributed by atoms with van der Waals surface area (Å²) in [5, 5.41) is 18.6. The highest BCUT2D eigenvalue weighted by atomic mass is 35.5. The number of hydrogen-bond donors (Lipinski definition) is 1. The highest BCUT2D eigenvalue weighted by Gasteiger charge is 2.34. The summed E-state index contributed by atoms with van der Waals surface area (Å²) in [7, 11) is 0. The minimum Gasteiger partial charge on any atom is -0.357 e. The first-order valence-corrected chi connectivity index (χ1v) is 5.39. The number of nitriles is 2. The van der Waals surface area contributed by atoms with Gasteiger partial charge < -0.3 is 5.32 Å². The highest BCUT2D eigenvalue weighted by Crippen LogP contribution is 2.41. The van der Waals surface area contributed by atoms with Crippen LogP contribution in [0.3, 0.4) is 0 Å². The molecule has 1 aromatic rings. The van der Waals surface area contributed by atoms with Crippen molar-refractivity contribution in [1.29, 1.82) is 10.5 Å². The summed E-state index contributed by atoms with van der Waals surface area (Å²) < 4.78 is 37.8. The fraction of sp³-hybridized carbons (Fsp3) is 0.0909. The second kappa shape index (κ2) is 5.83. The Morgan fingerprint density at radius 1 is 1.21 bits per heavy atom. The topological polar surface area (TPSA) is 59.6 Å². The van der Waals surface area contributed by atoms with Gasteiger partial charge in [0.2, 0.25) is 0 Å². The van der Waals surface area contributed by atoms with E-state index < -0.39 is 16.8 Å². The number of anilines is 1. The van der Waals surface area contributed by atoms with Gasteiger partial charge in [0.15, 0.2) is 0 Å². The Labute approximate surface area is 116 Å². The first-order chi connectivity index (χ1) is 8.81. The molecule has 1 aromatic carbocycles. The van der Waals surface area contributed by atoms with Gasteiger partial charge in [0.1, 0.15) is 17.7 Å². The largest absolute Gasteiger partial charge is 0.417 e. The predicted molar refractivity (Wildman–Crippen MR) is 64.4 cm³/mol. The lowest BCUT2D eigenvalue weighted by molar-refractivity contribution is -0.137. The number of halogens is 5. The molecule has 98 valence electrons. The van der Waals surface area contributed by atoms with Crippen molar-refractivity contribution in [1.82, 2.24) is 0 Å². The van der Waals surface area contributed by atoms with Gasteiger partial charge in [-0.05, 0) is 12.1 Å². The molecule has 0 spiro atoms. The van der Waals surface area contributed by atoms with Crippen LogP contribution in [0, 0.1) is 22.7 Å². The Kier molecular flexibility index (Phi) is 4.66. The van der Waals surface area contributed by atoms with E-state index in [1.807, 2.05) is 0 Å². The van der Waals surface area contributed by atoms with Crippen molar-refractivity contribution < 1.29 is 13.2 Å². The Bertz CT molecular complexity index is 593. The Hall–Kier alpha value is -1.89. The molecule has 0 fully saturated rings. The third kappa shape index (κ3) is 3.54. The van der Waals surface area contributed by atoms with Gasteiger partial charge >= 0.3 is 6.18 Å². The highest BCUT2D eigenvalue weighted by molar-refractivity contribution is 6.39. The zero-order valence-electron chi connectivity index (χ0n) is 9.02. The van der Waals surface area contributed by atoms with Gasteiger partial charge in [-0.2, -0.15) is 23.7 Å². The summed E-state index contributed by atoms with van der Waals surface area (Å²) in [5.74, 6) is 0. The standard InChI is InChI=1S/C11H4Cl2F3N3/c12-8-2-1-7(11(14,15)16)9(13)10(8)19-5-6(3-17)4-18/h1-2,5,19H. The molecule has 1 N–H and O–H groups in total. The Morgan fingerprint density at radius 3 is 2.26 bits per heavy atom. The van der Waals surface area contributed by atoms with Crippen LogP contribution < -0.4 is 5.32 Å². The van der Waals surface area contributed by atoms with Crippen LogP contribution in [0.1, 0.15) is 5.56 Å². The lowest BCUT2D eigenvalue weighted by atomic mass is 10.2. The van der Waals surface area contributed by atoms with E-state index in [9.17, 15) is 13.2 Å². The number of benzene rings is 1. The van der Waals surface area contributed by atoms with Crippen LogP contribution in [0.5, 0.6) is 0 Å². The summed E-state index contributed by atoms with van der Waals surface area (Å²) in [6.45, 7) is 0. The van der Waals surface area contributed by atoms with Gasteiger partial charge in [0.05, 0.1) is 21.3 Å².